The largest absolute Gasteiger partial charge is 0.489 e. The van der Waals surface area contributed by atoms with Crippen molar-refractivity contribution in [1.29, 1.82) is 0 Å². The summed E-state index contributed by atoms with van der Waals surface area (Å²) >= 11 is 0. The van der Waals surface area contributed by atoms with Gasteiger partial charge in [-0.15, -0.1) is 0 Å². The van der Waals surface area contributed by atoms with E-state index in [1.165, 1.54) is 0 Å². The van der Waals surface area contributed by atoms with Crippen molar-refractivity contribution in [2.75, 3.05) is 24.6 Å². The first kappa shape index (κ1) is 11.8. The fourth-order valence-electron chi connectivity index (χ4n) is 2.10. The monoisotopic (exact) mass is 235 g/mol. The third-order valence-electron chi connectivity index (χ3n) is 2.76. The molecule has 1 aromatic rings. The normalized spacial score (nSPS) is 14.4. The highest BCUT2D eigenvalue weighted by Gasteiger charge is 2.23. The van der Waals surface area contributed by atoms with Crippen LogP contribution in [-0.4, -0.2) is 30.8 Å². The summed E-state index contributed by atoms with van der Waals surface area (Å²) in [5, 5.41) is 9.11. The first-order valence-corrected chi connectivity index (χ1v) is 5.83. The lowest BCUT2D eigenvalue weighted by atomic mass is 10.1. The third kappa shape index (κ3) is 2.35. The third-order valence-corrected chi connectivity index (χ3v) is 2.76. The Bertz CT molecular complexity index is 429. The molecule has 0 unspecified atom stereocenters. The number of anilines is 1. The van der Waals surface area contributed by atoms with Crippen LogP contribution < -0.4 is 9.64 Å². The van der Waals surface area contributed by atoms with Gasteiger partial charge in [0, 0.05) is 6.54 Å². The number of para-hydroxylation sites is 1. The van der Waals surface area contributed by atoms with Crippen molar-refractivity contribution in [1.82, 2.24) is 0 Å². The van der Waals surface area contributed by atoms with Crippen LogP contribution in [0, 0.1) is 5.92 Å². The van der Waals surface area contributed by atoms with E-state index >= 15 is 0 Å². The standard InChI is InChI=1S/C13H17NO3/c1-9(2)8-14-6-7-17-12-10(13(15)16)4-3-5-11(12)14/h3-5,9H,6-8H2,1-2H3,(H,15,16). The average Bonchev–Trinajstić information content (AvgIpc) is 2.28. The minimum absolute atomic E-state index is 0.246. The molecule has 1 aliphatic heterocycles. The second-order valence-corrected chi connectivity index (χ2v) is 4.65. The van der Waals surface area contributed by atoms with Crippen LogP contribution in [0.3, 0.4) is 0 Å². The number of hydrogen-bond acceptors (Lipinski definition) is 3. The average molecular weight is 235 g/mol. The molecule has 4 nitrogen and oxygen atoms in total. The highest BCUT2D eigenvalue weighted by Crippen LogP contribution is 2.35. The Morgan fingerprint density at radius 2 is 2.29 bits per heavy atom. The smallest absolute Gasteiger partial charge is 0.339 e. The molecule has 0 bridgehead atoms. The van der Waals surface area contributed by atoms with Gasteiger partial charge in [0.05, 0.1) is 12.2 Å². The van der Waals surface area contributed by atoms with Gasteiger partial charge in [-0.05, 0) is 18.1 Å². The van der Waals surface area contributed by atoms with Crippen molar-refractivity contribution in [2.45, 2.75) is 13.8 Å². The van der Waals surface area contributed by atoms with Crippen molar-refractivity contribution in [3.8, 4) is 5.75 Å². The first-order valence-electron chi connectivity index (χ1n) is 5.83. The van der Waals surface area contributed by atoms with Crippen LogP contribution >= 0.6 is 0 Å². The number of aromatic carboxylic acids is 1. The lowest BCUT2D eigenvalue weighted by molar-refractivity contribution is 0.0692. The molecule has 0 aliphatic carbocycles. The highest BCUT2D eigenvalue weighted by molar-refractivity contribution is 5.93. The topological polar surface area (TPSA) is 49.8 Å². The predicted molar refractivity (Wildman–Crippen MR) is 65.9 cm³/mol. The van der Waals surface area contributed by atoms with Crippen molar-refractivity contribution in [3.63, 3.8) is 0 Å². The zero-order valence-electron chi connectivity index (χ0n) is 10.1. The van der Waals surface area contributed by atoms with Gasteiger partial charge in [0.25, 0.3) is 0 Å². The van der Waals surface area contributed by atoms with E-state index in [0.717, 1.165) is 18.8 Å². The van der Waals surface area contributed by atoms with Crippen molar-refractivity contribution < 1.29 is 14.6 Å². The molecule has 0 fully saturated rings. The maximum Gasteiger partial charge on any atom is 0.339 e. The van der Waals surface area contributed by atoms with E-state index in [-0.39, 0.29) is 5.56 Å². The number of carboxylic acid groups (broad SMARTS) is 1. The molecular weight excluding hydrogens is 218 g/mol. The maximum atomic E-state index is 11.1. The molecule has 0 aromatic heterocycles. The molecule has 17 heavy (non-hydrogen) atoms. The van der Waals surface area contributed by atoms with E-state index in [4.69, 9.17) is 9.84 Å². The van der Waals surface area contributed by atoms with Crippen LogP contribution in [0.2, 0.25) is 0 Å². The number of hydrogen-bond donors (Lipinski definition) is 1. The number of fused-ring (bicyclic) bond motifs is 1. The van der Waals surface area contributed by atoms with Gasteiger partial charge in [-0.2, -0.15) is 0 Å². The Labute approximate surface area is 101 Å². The SMILES string of the molecule is CC(C)CN1CCOc2c(C(=O)O)cccc21. The predicted octanol–water partition coefficient (Wildman–Crippen LogP) is 2.24. The zero-order chi connectivity index (χ0) is 12.4. The minimum atomic E-state index is -0.937. The summed E-state index contributed by atoms with van der Waals surface area (Å²) in [7, 11) is 0. The van der Waals surface area contributed by atoms with Crippen LogP contribution in [0.15, 0.2) is 18.2 Å². The van der Waals surface area contributed by atoms with Crippen LogP contribution in [0.1, 0.15) is 24.2 Å². The molecule has 0 saturated carbocycles. The fraction of sp³-hybridized carbons (Fsp3) is 0.462. The maximum absolute atomic E-state index is 11.1. The number of carboxylic acids is 1. The Hall–Kier alpha value is -1.71. The van der Waals surface area contributed by atoms with Gasteiger partial charge in [-0.1, -0.05) is 19.9 Å². The van der Waals surface area contributed by atoms with Gasteiger partial charge >= 0.3 is 5.97 Å². The van der Waals surface area contributed by atoms with Gasteiger partial charge in [0.15, 0.2) is 5.75 Å². The number of rotatable bonds is 3. The number of ether oxygens (including phenoxy) is 1. The van der Waals surface area contributed by atoms with E-state index in [2.05, 4.69) is 18.7 Å². The molecular formula is C13H17NO3. The second kappa shape index (κ2) is 4.65. The molecule has 1 N–H and O–H groups in total. The summed E-state index contributed by atoms with van der Waals surface area (Å²) in [5.41, 5.74) is 1.14. The molecule has 0 amide bonds. The molecule has 1 aromatic carbocycles. The lowest BCUT2D eigenvalue weighted by Gasteiger charge is -2.33. The summed E-state index contributed by atoms with van der Waals surface area (Å²) in [6, 6.07) is 5.27. The van der Waals surface area contributed by atoms with E-state index in [1.807, 2.05) is 6.07 Å². The Morgan fingerprint density at radius 1 is 1.53 bits per heavy atom. The molecule has 4 heteroatoms. The molecule has 0 spiro atoms. The number of benzene rings is 1. The lowest BCUT2D eigenvalue weighted by Crippen LogP contribution is -2.35. The quantitative estimate of drug-likeness (QED) is 0.873. The summed E-state index contributed by atoms with van der Waals surface area (Å²) in [5.74, 6) is 0.106. The van der Waals surface area contributed by atoms with E-state index in [0.29, 0.717) is 18.3 Å². The Morgan fingerprint density at radius 3 is 2.94 bits per heavy atom. The summed E-state index contributed by atoms with van der Waals surface area (Å²) < 4.78 is 5.51. The van der Waals surface area contributed by atoms with Gasteiger partial charge in [-0.25, -0.2) is 4.79 Å². The first-order chi connectivity index (χ1) is 8.09. The molecule has 92 valence electrons. The number of nitrogens with zero attached hydrogens (tertiary/aromatic N) is 1. The fourth-order valence-corrected chi connectivity index (χ4v) is 2.10. The second-order valence-electron chi connectivity index (χ2n) is 4.65. The molecule has 1 aliphatic rings. The molecule has 2 rings (SSSR count). The van der Waals surface area contributed by atoms with Gasteiger partial charge < -0.3 is 14.7 Å². The molecule has 0 atom stereocenters. The van der Waals surface area contributed by atoms with Crippen molar-refractivity contribution in [2.24, 2.45) is 5.92 Å². The van der Waals surface area contributed by atoms with Gasteiger partial charge in [0.2, 0.25) is 0 Å². The van der Waals surface area contributed by atoms with Gasteiger partial charge in [0.1, 0.15) is 12.2 Å². The zero-order valence-corrected chi connectivity index (χ0v) is 10.1. The van der Waals surface area contributed by atoms with Crippen molar-refractivity contribution >= 4 is 11.7 Å². The van der Waals surface area contributed by atoms with Crippen LogP contribution in [0.5, 0.6) is 5.75 Å². The molecule has 0 radical (unpaired) electrons. The van der Waals surface area contributed by atoms with Crippen LogP contribution in [-0.2, 0) is 0 Å². The van der Waals surface area contributed by atoms with Crippen molar-refractivity contribution in [3.05, 3.63) is 23.8 Å². The summed E-state index contributed by atoms with van der Waals surface area (Å²) in [6.07, 6.45) is 0. The summed E-state index contributed by atoms with van der Waals surface area (Å²) in [4.78, 5) is 13.3. The molecule has 0 saturated heterocycles. The van der Waals surface area contributed by atoms with Gasteiger partial charge in [-0.3, -0.25) is 0 Å². The summed E-state index contributed by atoms with van der Waals surface area (Å²) in [6.45, 7) is 6.57. The Kier molecular flexibility index (Phi) is 3.22. The molecule has 1 heterocycles. The van der Waals surface area contributed by atoms with E-state index < -0.39 is 5.97 Å². The minimum Gasteiger partial charge on any atom is -0.489 e. The van der Waals surface area contributed by atoms with Crippen LogP contribution in [0.25, 0.3) is 0 Å². The van der Waals surface area contributed by atoms with Crippen LogP contribution in [0.4, 0.5) is 5.69 Å². The highest BCUT2D eigenvalue weighted by atomic mass is 16.5. The Balaban J connectivity index is 2.38. The van der Waals surface area contributed by atoms with E-state index in [1.54, 1.807) is 12.1 Å². The number of carbonyl (C=O) groups is 1. The van der Waals surface area contributed by atoms with E-state index in [9.17, 15) is 4.79 Å².